The molecule has 0 aliphatic rings. The average molecular weight is 341 g/mol. The lowest BCUT2D eigenvalue weighted by atomic mass is 10.1. The fourth-order valence-corrected chi connectivity index (χ4v) is 2.71. The standard InChI is InChI=1S/C20H17F2NO2/c1-2-23(19-9-5-7-14-6-3-4-8-16(14)19)20(24)13-25-15-10-11-17(21)18(22)12-15/h3-12H,2,13H2,1H3. The number of hydrogen-bond acceptors (Lipinski definition) is 2. The monoisotopic (exact) mass is 341 g/mol. The molecule has 0 heterocycles. The maximum atomic E-state index is 13.2. The smallest absolute Gasteiger partial charge is 0.264 e. The van der Waals surface area contributed by atoms with Gasteiger partial charge in [0, 0.05) is 18.0 Å². The van der Waals surface area contributed by atoms with E-state index in [1.54, 1.807) is 4.90 Å². The van der Waals surface area contributed by atoms with Crippen molar-refractivity contribution >= 4 is 22.4 Å². The normalized spacial score (nSPS) is 10.7. The van der Waals surface area contributed by atoms with Crippen LogP contribution in [0.5, 0.6) is 5.75 Å². The van der Waals surface area contributed by atoms with Crippen LogP contribution in [0.3, 0.4) is 0 Å². The minimum atomic E-state index is -1.01. The zero-order valence-corrected chi connectivity index (χ0v) is 13.7. The van der Waals surface area contributed by atoms with Crippen molar-refractivity contribution < 1.29 is 18.3 Å². The zero-order chi connectivity index (χ0) is 17.8. The number of carbonyl (C=O) groups is 1. The fourth-order valence-electron chi connectivity index (χ4n) is 2.71. The highest BCUT2D eigenvalue weighted by molar-refractivity contribution is 6.04. The van der Waals surface area contributed by atoms with Crippen molar-refractivity contribution in [2.75, 3.05) is 18.1 Å². The SMILES string of the molecule is CCN(C(=O)COc1ccc(F)c(F)c1)c1cccc2ccccc12. The van der Waals surface area contributed by atoms with Gasteiger partial charge in [0.1, 0.15) is 5.75 Å². The Morgan fingerprint density at radius 2 is 1.76 bits per heavy atom. The Morgan fingerprint density at radius 1 is 1.00 bits per heavy atom. The largest absolute Gasteiger partial charge is 0.484 e. The number of ether oxygens (including phenoxy) is 1. The maximum absolute atomic E-state index is 13.2. The van der Waals surface area contributed by atoms with E-state index >= 15 is 0 Å². The summed E-state index contributed by atoms with van der Waals surface area (Å²) in [6, 6.07) is 16.7. The molecule has 0 spiro atoms. The molecule has 0 aliphatic carbocycles. The summed E-state index contributed by atoms with van der Waals surface area (Å²) >= 11 is 0. The Balaban J connectivity index is 1.80. The highest BCUT2D eigenvalue weighted by Gasteiger charge is 2.17. The first-order valence-electron chi connectivity index (χ1n) is 7.96. The highest BCUT2D eigenvalue weighted by atomic mass is 19.2. The second-order valence-corrected chi connectivity index (χ2v) is 5.50. The van der Waals surface area contributed by atoms with Gasteiger partial charge in [0.2, 0.25) is 0 Å². The van der Waals surface area contributed by atoms with E-state index in [2.05, 4.69) is 0 Å². The third-order valence-corrected chi connectivity index (χ3v) is 3.93. The predicted molar refractivity (Wildman–Crippen MR) is 93.8 cm³/mol. The topological polar surface area (TPSA) is 29.5 Å². The van der Waals surface area contributed by atoms with E-state index in [9.17, 15) is 13.6 Å². The lowest BCUT2D eigenvalue weighted by molar-refractivity contribution is -0.120. The van der Waals surface area contributed by atoms with Crippen LogP contribution in [-0.2, 0) is 4.79 Å². The van der Waals surface area contributed by atoms with Gasteiger partial charge in [-0.2, -0.15) is 0 Å². The molecule has 0 unspecified atom stereocenters. The van der Waals surface area contributed by atoms with Crippen LogP contribution in [0.2, 0.25) is 0 Å². The van der Waals surface area contributed by atoms with Gasteiger partial charge in [-0.05, 0) is 30.5 Å². The van der Waals surface area contributed by atoms with Crippen molar-refractivity contribution in [3.8, 4) is 5.75 Å². The van der Waals surface area contributed by atoms with Crippen LogP contribution in [0.1, 0.15) is 6.92 Å². The Kier molecular flexibility index (Phi) is 4.93. The Hall–Kier alpha value is -2.95. The van der Waals surface area contributed by atoms with Gasteiger partial charge in [0.25, 0.3) is 5.91 Å². The van der Waals surface area contributed by atoms with Crippen LogP contribution in [0.4, 0.5) is 14.5 Å². The molecule has 3 nitrogen and oxygen atoms in total. The molecule has 0 fully saturated rings. The van der Waals surface area contributed by atoms with Crippen molar-refractivity contribution in [1.29, 1.82) is 0 Å². The van der Waals surface area contributed by atoms with Gasteiger partial charge in [0.15, 0.2) is 18.2 Å². The van der Waals surface area contributed by atoms with Crippen LogP contribution < -0.4 is 9.64 Å². The van der Waals surface area contributed by atoms with Crippen molar-refractivity contribution in [3.63, 3.8) is 0 Å². The van der Waals surface area contributed by atoms with Gasteiger partial charge in [-0.25, -0.2) is 8.78 Å². The first-order valence-corrected chi connectivity index (χ1v) is 7.96. The molecule has 0 bridgehead atoms. The molecule has 25 heavy (non-hydrogen) atoms. The van der Waals surface area contributed by atoms with E-state index in [1.807, 2.05) is 49.4 Å². The van der Waals surface area contributed by atoms with Gasteiger partial charge < -0.3 is 9.64 Å². The van der Waals surface area contributed by atoms with Gasteiger partial charge in [0.05, 0.1) is 5.69 Å². The van der Waals surface area contributed by atoms with Gasteiger partial charge >= 0.3 is 0 Å². The van der Waals surface area contributed by atoms with Gasteiger partial charge in [-0.1, -0.05) is 36.4 Å². The lowest BCUT2D eigenvalue weighted by Crippen LogP contribution is -2.35. The zero-order valence-electron chi connectivity index (χ0n) is 13.7. The van der Waals surface area contributed by atoms with Crippen LogP contribution in [0.15, 0.2) is 60.7 Å². The van der Waals surface area contributed by atoms with Gasteiger partial charge in [-0.3, -0.25) is 4.79 Å². The van der Waals surface area contributed by atoms with Crippen molar-refractivity contribution in [1.82, 2.24) is 0 Å². The number of rotatable bonds is 5. The minimum absolute atomic E-state index is 0.112. The van der Waals surface area contributed by atoms with E-state index in [0.717, 1.165) is 28.6 Å². The molecule has 0 aliphatic heterocycles. The second-order valence-electron chi connectivity index (χ2n) is 5.50. The molecule has 0 saturated carbocycles. The molecule has 3 aromatic rings. The number of anilines is 1. The first kappa shape index (κ1) is 16.9. The average Bonchev–Trinajstić information content (AvgIpc) is 2.63. The molecule has 3 rings (SSSR count). The van der Waals surface area contributed by atoms with Crippen molar-refractivity contribution in [2.45, 2.75) is 6.92 Å². The number of benzene rings is 3. The molecule has 0 N–H and O–H groups in total. The molecule has 0 saturated heterocycles. The first-order chi connectivity index (χ1) is 12.1. The van der Waals surface area contributed by atoms with Crippen LogP contribution in [0, 0.1) is 11.6 Å². The third-order valence-electron chi connectivity index (χ3n) is 3.93. The summed E-state index contributed by atoms with van der Waals surface area (Å²) in [6.07, 6.45) is 0. The summed E-state index contributed by atoms with van der Waals surface area (Å²) in [5.74, 6) is -2.11. The number of likely N-dealkylation sites (N-methyl/N-ethyl adjacent to an activating group) is 1. The number of nitrogens with zero attached hydrogens (tertiary/aromatic N) is 1. The third kappa shape index (κ3) is 3.60. The van der Waals surface area contributed by atoms with Crippen LogP contribution >= 0.6 is 0 Å². The predicted octanol–water partition coefficient (Wildman–Crippen LogP) is 4.55. The second kappa shape index (κ2) is 7.30. The fraction of sp³-hybridized carbons (Fsp3) is 0.150. The van der Waals surface area contributed by atoms with E-state index < -0.39 is 11.6 Å². The summed E-state index contributed by atoms with van der Waals surface area (Å²) in [6.45, 7) is 2.08. The maximum Gasteiger partial charge on any atom is 0.264 e. The molecule has 1 amide bonds. The lowest BCUT2D eigenvalue weighted by Gasteiger charge is -2.23. The summed E-state index contributed by atoms with van der Waals surface area (Å²) in [7, 11) is 0. The molecule has 0 aromatic heterocycles. The van der Waals surface area contributed by atoms with E-state index in [4.69, 9.17) is 4.74 Å². The summed E-state index contributed by atoms with van der Waals surface area (Å²) in [4.78, 5) is 14.2. The van der Waals surface area contributed by atoms with E-state index in [0.29, 0.717) is 6.54 Å². The number of fused-ring (bicyclic) bond motifs is 1. The Labute approximate surface area is 144 Å². The molecule has 3 aromatic carbocycles. The molecule has 0 radical (unpaired) electrons. The number of hydrogen-bond donors (Lipinski definition) is 0. The minimum Gasteiger partial charge on any atom is -0.484 e. The number of carbonyl (C=O) groups excluding carboxylic acids is 1. The van der Waals surface area contributed by atoms with Gasteiger partial charge in [-0.15, -0.1) is 0 Å². The number of halogens is 2. The van der Waals surface area contributed by atoms with E-state index in [-0.39, 0.29) is 18.3 Å². The molecule has 128 valence electrons. The van der Waals surface area contributed by atoms with Crippen molar-refractivity contribution in [3.05, 3.63) is 72.3 Å². The number of amides is 1. The summed E-state index contributed by atoms with van der Waals surface area (Å²) < 4.78 is 31.5. The summed E-state index contributed by atoms with van der Waals surface area (Å²) in [5.41, 5.74) is 0.791. The molecule has 0 atom stereocenters. The van der Waals surface area contributed by atoms with Crippen LogP contribution in [-0.4, -0.2) is 19.1 Å². The highest BCUT2D eigenvalue weighted by Crippen LogP contribution is 2.27. The van der Waals surface area contributed by atoms with E-state index in [1.165, 1.54) is 6.07 Å². The molecule has 5 heteroatoms. The Bertz CT molecular complexity index is 906. The quantitative estimate of drug-likeness (QED) is 0.681. The summed E-state index contributed by atoms with van der Waals surface area (Å²) in [5, 5.41) is 2.00. The molecular formula is C20H17F2NO2. The van der Waals surface area contributed by atoms with Crippen molar-refractivity contribution in [2.24, 2.45) is 0 Å². The Morgan fingerprint density at radius 3 is 2.52 bits per heavy atom. The molecular weight excluding hydrogens is 324 g/mol. The van der Waals surface area contributed by atoms with Crippen LogP contribution in [0.25, 0.3) is 10.8 Å².